The van der Waals surface area contributed by atoms with Crippen LogP contribution in [0, 0.1) is 5.92 Å². The Morgan fingerprint density at radius 2 is 1.90 bits per heavy atom. The van der Waals surface area contributed by atoms with Gasteiger partial charge in [0, 0.05) is 62.5 Å². The molecule has 2 aromatic carbocycles. The van der Waals surface area contributed by atoms with Crippen molar-refractivity contribution >= 4 is 40.7 Å². The maximum atomic E-state index is 13.7. The molecule has 0 unspecified atom stereocenters. The molecule has 6 rings (SSSR count). The maximum Gasteiger partial charge on any atom is 0.317 e. The van der Waals surface area contributed by atoms with Gasteiger partial charge >= 0.3 is 6.03 Å². The van der Waals surface area contributed by atoms with Crippen LogP contribution in [0.25, 0.3) is 0 Å². The van der Waals surface area contributed by atoms with Gasteiger partial charge in [-0.05, 0) is 48.6 Å². The van der Waals surface area contributed by atoms with Crippen LogP contribution in [0.15, 0.2) is 48.7 Å². The normalized spacial score (nSPS) is 17.5. The van der Waals surface area contributed by atoms with Crippen LogP contribution in [0.2, 0.25) is 5.02 Å². The highest BCUT2D eigenvalue weighted by Gasteiger charge is 2.28. The van der Waals surface area contributed by atoms with E-state index in [1.165, 1.54) is 25.8 Å². The second-order valence-electron chi connectivity index (χ2n) is 10.7. The van der Waals surface area contributed by atoms with E-state index in [4.69, 9.17) is 11.6 Å². The Morgan fingerprint density at radius 1 is 1.10 bits per heavy atom. The Hall–Kier alpha value is -3.56. The van der Waals surface area contributed by atoms with Crippen LogP contribution in [0.5, 0.6) is 0 Å². The number of carbonyl (C=O) groups is 2. The Morgan fingerprint density at radius 3 is 2.64 bits per heavy atom. The van der Waals surface area contributed by atoms with Crippen molar-refractivity contribution in [3.05, 3.63) is 70.4 Å². The van der Waals surface area contributed by atoms with Gasteiger partial charge in [0.2, 0.25) is 0 Å². The summed E-state index contributed by atoms with van der Waals surface area (Å²) in [5.74, 6) is 1.56. The summed E-state index contributed by atoms with van der Waals surface area (Å²) in [6.45, 7) is 5.20. The van der Waals surface area contributed by atoms with Gasteiger partial charge in [0.15, 0.2) is 0 Å². The molecule has 1 saturated carbocycles. The summed E-state index contributed by atoms with van der Waals surface area (Å²) in [6, 6.07) is 12.9. The van der Waals surface area contributed by atoms with Crippen LogP contribution < -0.4 is 15.5 Å². The molecule has 3 aromatic rings. The third kappa shape index (κ3) is 5.33. The van der Waals surface area contributed by atoms with Crippen molar-refractivity contribution in [3.8, 4) is 0 Å². The van der Waals surface area contributed by atoms with Crippen molar-refractivity contribution in [3.63, 3.8) is 0 Å². The topological polar surface area (TPSA) is 85.7 Å². The Labute approximate surface area is 233 Å². The molecule has 0 bridgehead atoms. The lowest BCUT2D eigenvalue weighted by molar-refractivity contribution is 0.0985. The highest BCUT2D eigenvalue weighted by molar-refractivity contribution is 6.32. The van der Waals surface area contributed by atoms with Crippen molar-refractivity contribution < 1.29 is 9.59 Å². The van der Waals surface area contributed by atoms with Gasteiger partial charge in [-0.3, -0.25) is 14.4 Å². The lowest BCUT2D eigenvalue weighted by Gasteiger charge is -2.38. The molecule has 3 heterocycles. The predicted octanol–water partition coefficient (Wildman–Crippen LogP) is 4.60. The quantitative estimate of drug-likeness (QED) is 0.487. The molecule has 0 spiro atoms. The third-order valence-electron chi connectivity index (χ3n) is 8.17. The number of hydrogen-bond acceptors (Lipinski definition) is 5. The first-order valence-electron chi connectivity index (χ1n) is 13.7. The van der Waals surface area contributed by atoms with Gasteiger partial charge < -0.3 is 20.4 Å². The SMILES string of the molecule is Cn1ncc2c1Nc1ccccc1N(C(=O)c1ccc(CNC(=O)N3CCN(CC4CCC4)CC3)c(Cl)c1)C2. The van der Waals surface area contributed by atoms with Crippen LogP contribution >= 0.6 is 11.6 Å². The van der Waals surface area contributed by atoms with Crippen molar-refractivity contribution in [2.24, 2.45) is 13.0 Å². The molecule has 0 atom stereocenters. The summed E-state index contributed by atoms with van der Waals surface area (Å²) in [5.41, 5.74) is 3.82. The summed E-state index contributed by atoms with van der Waals surface area (Å²) in [7, 11) is 1.87. The van der Waals surface area contributed by atoms with E-state index in [9.17, 15) is 9.59 Å². The summed E-state index contributed by atoms with van der Waals surface area (Å²) < 4.78 is 1.77. The number of nitrogens with one attached hydrogen (secondary N) is 2. The second kappa shape index (κ2) is 10.9. The number of para-hydroxylation sites is 2. The largest absolute Gasteiger partial charge is 0.338 e. The monoisotopic (exact) mass is 547 g/mol. The van der Waals surface area contributed by atoms with Gasteiger partial charge in [-0.15, -0.1) is 0 Å². The number of hydrogen-bond donors (Lipinski definition) is 2. The average molecular weight is 548 g/mol. The maximum absolute atomic E-state index is 13.7. The van der Waals surface area contributed by atoms with Crippen LogP contribution in [0.1, 0.15) is 40.7 Å². The molecule has 2 aliphatic heterocycles. The van der Waals surface area contributed by atoms with E-state index in [0.29, 0.717) is 23.7 Å². The van der Waals surface area contributed by atoms with E-state index in [0.717, 1.165) is 60.4 Å². The number of benzene rings is 2. The first-order valence-corrected chi connectivity index (χ1v) is 14.1. The van der Waals surface area contributed by atoms with Crippen LogP contribution in [-0.4, -0.2) is 64.2 Å². The van der Waals surface area contributed by atoms with E-state index in [1.54, 1.807) is 27.9 Å². The van der Waals surface area contributed by atoms with Crippen molar-refractivity contribution in [1.82, 2.24) is 24.9 Å². The van der Waals surface area contributed by atoms with Crippen molar-refractivity contribution in [2.75, 3.05) is 42.9 Å². The van der Waals surface area contributed by atoms with Crippen LogP contribution in [0.3, 0.4) is 0 Å². The second-order valence-corrected chi connectivity index (χ2v) is 11.1. The van der Waals surface area contributed by atoms with Crippen molar-refractivity contribution in [2.45, 2.75) is 32.4 Å². The first kappa shape index (κ1) is 25.7. The third-order valence-corrected chi connectivity index (χ3v) is 8.52. The van der Waals surface area contributed by atoms with E-state index in [2.05, 4.69) is 20.6 Å². The number of aromatic nitrogens is 2. The molecule has 39 heavy (non-hydrogen) atoms. The van der Waals surface area contributed by atoms with Crippen LogP contribution in [-0.2, 0) is 20.1 Å². The molecule has 0 radical (unpaired) electrons. The van der Waals surface area contributed by atoms with E-state index >= 15 is 0 Å². The Bertz CT molecular complexity index is 1380. The highest BCUT2D eigenvalue weighted by atomic mass is 35.5. The lowest BCUT2D eigenvalue weighted by atomic mass is 9.85. The zero-order valence-electron chi connectivity index (χ0n) is 22.2. The first-order chi connectivity index (χ1) is 19.0. The number of aryl methyl sites for hydroxylation is 1. The number of halogens is 1. The van der Waals surface area contributed by atoms with Gasteiger partial charge in [-0.1, -0.05) is 36.2 Å². The number of anilines is 3. The molecule has 10 heteroatoms. The number of amides is 3. The molecule has 1 aliphatic carbocycles. The summed E-state index contributed by atoms with van der Waals surface area (Å²) in [5, 5.41) is 11.2. The van der Waals surface area contributed by atoms with E-state index in [1.807, 2.05) is 42.3 Å². The standard InChI is InChI=1S/C29H34ClN7O2/c1-34-27-23(17-32-34)19-37(26-8-3-2-7-25(26)33-27)28(38)21-9-10-22(24(30)15-21)16-31-29(39)36-13-11-35(12-14-36)18-20-5-4-6-20/h2-3,7-10,15,17,20,33H,4-6,11-14,16,18-19H2,1H3,(H,31,39). The number of rotatable bonds is 5. The van der Waals surface area contributed by atoms with Gasteiger partial charge in [0.1, 0.15) is 5.82 Å². The minimum absolute atomic E-state index is 0.0736. The van der Waals surface area contributed by atoms with Crippen LogP contribution in [0.4, 0.5) is 22.0 Å². The minimum atomic E-state index is -0.154. The number of carbonyl (C=O) groups excluding carboxylic acids is 2. The molecule has 3 aliphatic rings. The van der Waals surface area contributed by atoms with Gasteiger partial charge in [0.25, 0.3) is 5.91 Å². The molecule has 1 aromatic heterocycles. The fourth-order valence-corrected chi connectivity index (χ4v) is 5.82. The van der Waals surface area contributed by atoms with Crippen molar-refractivity contribution in [1.29, 1.82) is 0 Å². The highest BCUT2D eigenvalue weighted by Crippen LogP contribution is 2.36. The van der Waals surface area contributed by atoms with Gasteiger partial charge in [-0.25, -0.2) is 4.79 Å². The Balaban J connectivity index is 1.10. The van der Waals surface area contributed by atoms with Gasteiger partial charge in [-0.2, -0.15) is 5.10 Å². The number of urea groups is 1. The fourth-order valence-electron chi connectivity index (χ4n) is 5.58. The molecular formula is C29H34ClN7O2. The molecule has 204 valence electrons. The van der Waals surface area contributed by atoms with E-state index in [-0.39, 0.29) is 11.9 Å². The smallest absolute Gasteiger partial charge is 0.317 e. The zero-order valence-corrected chi connectivity index (χ0v) is 23.0. The molecule has 1 saturated heterocycles. The number of fused-ring (bicyclic) bond motifs is 2. The van der Waals surface area contributed by atoms with E-state index < -0.39 is 0 Å². The Kier molecular flexibility index (Phi) is 7.18. The summed E-state index contributed by atoms with van der Waals surface area (Å²) in [4.78, 5) is 32.6. The fraction of sp³-hybridized carbons (Fsp3) is 0.414. The summed E-state index contributed by atoms with van der Waals surface area (Å²) in [6.07, 6.45) is 5.84. The van der Waals surface area contributed by atoms with Gasteiger partial charge in [0.05, 0.1) is 24.1 Å². The average Bonchev–Trinajstić information content (AvgIpc) is 3.17. The number of piperazine rings is 1. The molecule has 9 nitrogen and oxygen atoms in total. The molecule has 2 N–H and O–H groups in total. The number of nitrogens with zero attached hydrogens (tertiary/aromatic N) is 5. The molecule has 2 fully saturated rings. The predicted molar refractivity (Wildman–Crippen MR) is 152 cm³/mol. The minimum Gasteiger partial charge on any atom is -0.338 e. The molecule has 3 amide bonds. The molecular weight excluding hydrogens is 514 g/mol. The lowest BCUT2D eigenvalue weighted by Crippen LogP contribution is -2.52. The zero-order chi connectivity index (χ0) is 26.9. The summed E-state index contributed by atoms with van der Waals surface area (Å²) >= 11 is 6.62.